The lowest BCUT2D eigenvalue weighted by Crippen LogP contribution is -2.51. The first-order chi connectivity index (χ1) is 15.6. The Morgan fingerprint density at radius 3 is 2.55 bits per heavy atom. The average molecular weight is 465 g/mol. The van der Waals surface area contributed by atoms with E-state index >= 15 is 0 Å². The minimum atomic E-state index is -2.31. The van der Waals surface area contributed by atoms with Crippen LogP contribution < -0.4 is 5.30 Å². The van der Waals surface area contributed by atoms with Gasteiger partial charge in [-0.05, 0) is 92.9 Å². The van der Waals surface area contributed by atoms with Gasteiger partial charge in [-0.2, -0.15) is 0 Å². The third-order valence-electron chi connectivity index (χ3n) is 9.46. The van der Waals surface area contributed by atoms with Gasteiger partial charge in [-0.1, -0.05) is 42.8 Å². The van der Waals surface area contributed by atoms with Crippen LogP contribution in [0.2, 0.25) is 0 Å². The SMILES string of the molecule is C=CC[C@@]1(O)CC[C@H]2C3CCC4=CC(=O)CCC4=C3[C@@H](c3ccc(P(C)(C)=O)cc3)C[C@@]21C. The molecule has 0 aliphatic heterocycles. The monoisotopic (exact) mass is 464 g/mol. The van der Waals surface area contributed by atoms with Crippen LogP contribution in [-0.2, 0) is 9.36 Å². The van der Waals surface area contributed by atoms with Crippen LogP contribution in [0.5, 0.6) is 0 Å². The number of allylic oxidation sites excluding steroid dienone is 4. The third kappa shape index (κ3) is 3.58. The van der Waals surface area contributed by atoms with E-state index in [0.717, 1.165) is 43.8 Å². The first-order valence-electron chi connectivity index (χ1n) is 12.5. The van der Waals surface area contributed by atoms with E-state index in [1.165, 1.54) is 22.3 Å². The van der Waals surface area contributed by atoms with E-state index in [4.69, 9.17) is 0 Å². The molecule has 0 heterocycles. The van der Waals surface area contributed by atoms with Crippen molar-refractivity contribution in [3.63, 3.8) is 0 Å². The molecule has 0 aromatic heterocycles. The molecule has 2 fully saturated rings. The second-order valence-electron chi connectivity index (χ2n) is 11.5. The van der Waals surface area contributed by atoms with Crippen LogP contribution in [0.3, 0.4) is 0 Å². The number of carbonyl (C=O) groups is 1. The van der Waals surface area contributed by atoms with Crippen molar-refractivity contribution in [2.45, 2.75) is 69.8 Å². The lowest BCUT2D eigenvalue weighted by atomic mass is 9.51. The van der Waals surface area contributed by atoms with Crippen LogP contribution in [0, 0.1) is 17.3 Å². The summed E-state index contributed by atoms with van der Waals surface area (Å²) in [5.74, 6) is 1.40. The van der Waals surface area contributed by atoms with Crippen molar-refractivity contribution in [2.24, 2.45) is 17.3 Å². The molecule has 3 nitrogen and oxygen atoms in total. The molecule has 5 atom stereocenters. The zero-order valence-electron chi connectivity index (χ0n) is 20.3. The molecule has 0 bridgehead atoms. The van der Waals surface area contributed by atoms with Gasteiger partial charge in [-0.3, -0.25) is 4.79 Å². The normalized spacial score (nSPS) is 36.1. The van der Waals surface area contributed by atoms with Gasteiger partial charge in [0.1, 0.15) is 7.14 Å². The molecule has 4 heteroatoms. The summed E-state index contributed by atoms with van der Waals surface area (Å²) < 4.78 is 12.6. The van der Waals surface area contributed by atoms with E-state index in [-0.39, 0.29) is 17.1 Å². The Bertz CT molecular complexity index is 1100. The zero-order valence-corrected chi connectivity index (χ0v) is 21.2. The van der Waals surface area contributed by atoms with Gasteiger partial charge in [0, 0.05) is 23.1 Å². The minimum absolute atomic E-state index is 0.171. The fourth-order valence-electron chi connectivity index (χ4n) is 7.69. The summed E-state index contributed by atoms with van der Waals surface area (Å²) in [6.07, 6.45) is 10.7. The maximum absolute atomic E-state index is 12.6. The lowest BCUT2D eigenvalue weighted by Gasteiger charge is -2.55. The van der Waals surface area contributed by atoms with E-state index in [2.05, 4.69) is 25.6 Å². The molecule has 0 spiro atoms. The quantitative estimate of drug-likeness (QED) is 0.430. The molecule has 1 aromatic carbocycles. The van der Waals surface area contributed by atoms with Gasteiger partial charge in [0.2, 0.25) is 0 Å². The van der Waals surface area contributed by atoms with E-state index in [9.17, 15) is 14.5 Å². The van der Waals surface area contributed by atoms with E-state index in [1.54, 1.807) is 0 Å². The number of hydrogen-bond acceptors (Lipinski definition) is 3. The minimum Gasteiger partial charge on any atom is -0.389 e. The van der Waals surface area contributed by atoms with Crippen molar-refractivity contribution in [2.75, 3.05) is 13.3 Å². The molecule has 2 saturated carbocycles. The number of rotatable bonds is 4. The number of ketones is 1. The van der Waals surface area contributed by atoms with Crippen LogP contribution in [0.1, 0.15) is 69.8 Å². The summed E-state index contributed by atoms with van der Waals surface area (Å²) in [5.41, 5.74) is 4.59. The summed E-state index contributed by atoms with van der Waals surface area (Å²) in [4.78, 5) is 12.2. The number of aliphatic hydroxyl groups is 1. The summed E-state index contributed by atoms with van der Waals surface area (Å²) in [6.45, 7) is 9.91. The Morgan fingerprint density at radius 2 is 1.88 bits per heavy atom. The van der Waals surface area contributed by atoms with Gasteiger partial charge in [0.05, 0.1) is 5.60 Å². The smallest absolute Gasteiger partial charge is 0.156 e. The zero-order chi connectivity index (χ0) is 23.6. The molecule has 176 valence electrons. The fourth-order valence-corrected chi connectivity index (χ4v) is 8.56. The maximum Gasteiger partial charge on any atom is 0.156 e. The standard InChI is InChI=1S/C29H37O3P/c1-5-15-29(31)16-14-26-24-12-8-20-17-21(30)9-13-23(20)27(24)25(18-28(26,29)2)19-6-10-22(11-7-19)33(3,4)32/h5-7,10-11,17,24-26,31H,1,8-9,12-16,18H2,2-4H3/t24?,25-,26+,28+,29-/m1/s1. The molecule has 4 aliphatic carbocycles. The van der Waals surface area contributed by atoms with Gasteiger partial charge in [0.15, 0.2) is 5.78 Å². The molecular weight excluding hydrogens is 427 g/mol. The van der Waals surface area contributed by atoms with Crippen molar-refractivity contribution in [3.05, 3.63) is 65.3 Å². The molecule has 0 radical (unpaired) electrons. The van der Waals surface area contributed by atoms with Crippen molar-refractivity contribution in [1.29, 1.82) is 0 Å². The number of hydrogen-bond donors (Lipinski definition) is 1. The van der Waals surface area contributed by atoms with Crippen LogP contribution in [0.25, 0.3) is 0 Å². The van der Waals surface area contributed by atoms with Crippen LogP contribution >= 0.6 is 7.14 Å². The molecule has 0 amide bonds. The summed E-state index contributed by atoms with van der Waals surface area (Å²) in [6, 6.07) is 8.42. The average Bonchev–Trinajstić information content (AvgIpc) is 3.03. The number of benzene rings is 1. The molecule has 1 unspecified atom stereocenters. The number of fused-ring (bicyclic) bond motifs is 4. The van der Waals surface area contributed by atoms with Crippen molar-refractivity contribution in [3.8, 4) is 0 Å². The Kier molecular flexibility index (Phi) is 5.54. The van der Waals surface area contributed by atoms with Gasteiger partial charge in [-0.25, -0.2) is 0 Å². The van der Waals surface area contributed by atoms with Gasteiger partial charge in [0.25, 0.3) is 0 Å². The van der Waals surface area contributed by atoms with Gasteiger partial charge in [-0.15, -0.1) is 6.58 Å². The van der Waals surface area contributed by atoms with Crippen LogP contribution in [0.4, 0.5) is 0 Å². The molecule has 33 heavy (non-hydrogen) atoms. The van der Waals surface area contributed by atoms with E-state index in [1.807, 2.05) is 37.6 Å². The van der Waals surface area contributed by atoms with Gasteiger partial charge >= 0.3 is 0 Å². The molecule has 5 rings (SSSR count). The lowest BCUT2D eigenvalue weighted by molar-refractivity contribution is -0.114. The Hall–Kier alpha value is -1.70. The highest BCUT2D eigenvalue weighted by Crippen LogP contribution is 2.67. The Balaban J connectivity index is 1.66. The third-order valence-corrected chi connectivity index (χ3v) is 11.0. The summed E-state index contributed by atoms with van der Waals surface area (Å²) in [5, 5.41) is 12.8. The van der Waals surface area contributed by atoms with Gasteiger partial charge < -0.3 is 9.67 Å². The maximum atomic E-state index is 12.6. The van der Waals surface area contributed by atoms with Crippen molar-refractivity contribution < 1.29 is 14.5 Å². The number of carbonyl (C=O) groups excluding carboxylic acids is 1. The fraction of sp³-hybridized carbons (Fsp3) is 0.552. The Labute approximate surface area is 198 Å². The summed E-state index contributed by atoms with van der Waals surface area (Å²) >= 11 is 0. The topological polar surface area (TPSA) is 54.4 Å². The van der Waals surface area contributed by atoms with Crippen LogP contribution in [0.15, 0.2) is 59.7 Å². The molecule has 4 aliphatic rings. The highest BCUT2D eigenvalue weighted by Gasteiger charge is 2.62. The molecule has 0 saturated heterocycles. The highest BCUT2D eigenvalue weighted by atomic mass is 31.2. The predicted octanol–water partition coefficient (Wildman–Crippen LogP) is 6.14. The molecule has 1 aromatic rings. The van der Waals surface area contributed by atoms with Crippen LogP contribution in [-0.4, -0.2) is 29.8 Å². The van der Waals surface area contributed by atoms with Crippen molar-refractivity contribution >= 4 is 18.2 Å². The first kappa shape index (κ1) is 23.1. The second kappa shape index (κ2) is 7.92. The largest absolute Gasteiger partial charge is 0.389 e. The predicted molar refractivity (Wildman–Crippen MR) is 136 cm³/mol. The van der Waals surface area contributed by atoms with E-state index in [0.29, 0.717) is 24.7 Å². The van der Waals surface area contributed by atoms with Crippen molar-refractivity contribution in [1.82, 2.24) is 0 Å². The molecule has 1 N–H and O–H groups in total. The Morgan fingerprint density at radius 1 is 1.15 bits per heavy atom. The first-order valence-corrected chi connectivity index (χ1v) is 15.1. The summed E-state index contributed by atoms with van der Waals surface area (Å²) in [7, 11) is -2.31. The second-order valence-corrected chi connectivity index (χ2v) is 14.7. The highest BCUT2D eigenvalue weighted by molar-refractivity contribution is 7.70. The van der Waals surface area contributed by atoms with E-state index < -0.39 is 12.7 Å². The molecular formula is C29H37O3P.